The maximum Gasteiger partial charge on any atom is 0.319 e. The van der Waals surface area contributed by atoms with Crippen molar-refractivity contribution < 1.29 is 46.8 Å². The average Bonchev–Trinajstić information content (AvgIpc) is 3.17. The number of esters is 2. The lowest BCUT2D eigenvalue weighted by Gasteiger charge is -2.28. The third-order valence-electron chi connectivity index (χ3n) is 10.5. The standard InChI is InChI=1S/C47H86N3O9P/c1-8-9-10-11-12-13-14-15-16-18-21-24-27-30-44(51)56-39-43(40-58-60(54,55)57-38-37-50(5,6)7)59-45(52)31-28-25-22-19-17-20-23-26-29-36-48-46(53)49-42-34-32-41(33-35-42)47(2,3)4/h32-35,43H,8-31,36-40H2,1-7H3,(H2-,48,49,53,54,55)/t43-/m1/s1. The summed E-state index contributed by atoms with van der Waals surface area (Å²) in [6.07, 6.45) is 24.0. The number of rotatable bonds is 37. The molecule has 1 rings (SSSR count). The van der Waals surface area contributed by atoms with Gasteiger partial charge in [-0.1, -0.05) is 162 Å². The van der Waals surface area contributed by atoms with Gasteiger partial charge < -0.3 is 38.5 Å². The van der Waals surface area contributed by atoms with Crippen LogP contribution in [0.2, 0.25) is 0 Å². The van der Waals surface area contributed by atoms with Gasteiger partial charge in [0.25, 0.3) is 7.82 Å². The van der Waals surface area contributed by atoms with Crippen LogP contribution in [-0.2, 0) is 38.1 Å². The van der Waals surface area contributed by atoms with Crippen molar-refractivity contribution >= 4 is 31.5 Å². The van der Waals surface area contributed by atoms with Crippen molar-refractivity contribution in [3.8, 4) is 0 Å². The van der Waals surface area contributed by atoms with Gasteiger partial charge in [0.1, 0.15) is 19.8 Å². The summed E-state index contributed by atoms with van der Waals surface area (Å²) in [4.78, 5) is 49.9. The van der Waals surface area contributed by atoms with E-state index in [1.165, 1.54) is 69.8 Å². The normalized spacial score (nSPS) is 13.4. The van der Waals surface area contributed by atoms with E-state index in [9.17, 15) is 23.8 Å². The van der Waals surface area contributed by atoms with Gasteiger partial charge in [0.05, 0.1) is 27.7 Å². The molecule has 2 amide bonds. The molecule has 12 nitrogen and oxygen atoms in total. The third-order valence-corrected chi connectivity index (χ3v) is 11.5. The van der Waals surface area contributed by atoms with Crippen LogP contribution in [0.15, 0.2) is 24.3 Å². The minimum absolute atomic E-state index is 0.0467. The van der Waals surface area contributed by atoms with Gasteiger partial charge >= 0.3 is 18.0 Å². The Hall–Kier alpha value is -2.50. The topological polar surface area (TPSA) is 152 Å². The molecule has 1 aromatic carbocycles. The molecule has 0 saturated heterocycles. The number of likely N-dealkylation sites (N-methyl/N-ethyl adjacent to an activating group) is 1. The molecule has 0 spiro atoms. The van der Waals surface area contributed by atoms with E-state index in [0.717, 1.165) is 76.3 Å². The zero-order chi connectivity index (χ0) is 44.5. The number of carbonyl (C=O) groups excluding carboxylic acids is 3. The maximum atomic E-state index is 12.7. The number of amides is 2. The van der Waals surface area contributed by atoms with E-state index in [1.54, 1.807) is 0 Å². The Balaban J connectivity index is 2.27. The van der Waals surface area contributed by atoms with Gasteiger partial charge in [-0.05, 0) is 42.4 Å². The Morgan fingerprint density at radius 2 is 1.13 bits per heavy atom. The Kier molecular flexibility index (Phi) is 30.6. The molecule has 1 aromatic rings. The molecule has 0 fully saturated rings. The van der Waals surface area contributed by atoms with Crippen LogP contribution in [0, 0.1) is 0 Å². The number of anilines is 1. The molecule has 0 aliphatic rings. The second kappa shape index (κ2) is 33.1. The van der Waals surface area contributed by atoms with Gasteiger partial charge in [-0.2, -0.15) is 0 Å². The second-order valence-electron chi connectivity index (χ2n) is 18.5. The van der Waals surface area contributed by atoms with Crippen molar-refractivity contribution in [3.05, 3.63) is 29.8 Å². The van der Waals surface area contributed by atoms with Crippen LogP contribution in [-0.4, -0.2) is 82.6 Å². The van der Waals surface area contributed by atoms with E-state index in [-0.39, 0.29) is 37.5 Å². The highest BCUT2D eigenvalue weighted by Gasteiger charge is 2.22. The van der Waals surface area contributed by atoms with Crippen molar-refractivity contribution in [1.29, 1.82) is 0 Å². The number of nitrogens with zero attached hydrogens (tertiary/aromatic N) is 1. The highest BCUT2D eigenvalue weighted by atomic mass is 31.2. The predicted octanol–water partition coefficient (Wildman–Crippen LogP) is 11.2. The van der Waals surface area contributed by atoms with E-state index in [2.05, 4.69) is 38.3 Å². The number of hydrogen-bond donors (Lipinski definition) is 2. The molecular formula is C47H86N3O9P. The quantitative estimate of drug-likeness (QED) is 0.0288. The molecule has 13 heteroatoms. The molecular weight excluding hydrogens is 782 g/mol. The van der Waals surface area contributed by atoms with Gasteiger partial charge in [-0.25, -0.2) is 4.79 Å². The van der Waals surface area contributed by atoms with Crippen LogP contribution < -0.4 is 15.5 Å². The molecule has 348 valence electrons. The van der Waals surface area contributed by atoms with Crippen molar-refractivity contribution in [2.24, 2.45) is 0 Å². The second-order valence-corrected chi connectivity index (χ2v) is 19.9. The summed E-state index contributed by atoms with van der Waals surface area (Å²) in [5.74, 6) is -0.884. The zero-order valence-corrected chi connectivity index (χ0v) is 39.9. The molecule has 60 heavy (non-hydrogen) atoms. The van der Waals surface area contributed by atoms with Crippen molar-refractivity contribution in [3.63, 3.8) is 0 Å². The van der Waals surface area contributed by atoms with Crippen LogP contribution in [0.3, 0.4) is 0 Å². The Morgan fingerprint density at radius 1 is 0.667 bits per heavy atom. The van der Waals surface area contributed by atoms with Crippen LogP contribution in [0.4, 0.5) is 10.5 Å². The molecule has 2 atom stereocenters. The summed E-state index contributed by atoms with van der Waals surface area (Å²) < 4.78 is 33.9. The number of ether oxygens (including phenoxy) is 2. The Morgan fingerprint density at radius 3 is 1.62 bits per heavy atom. The molecule has 0 bridgehead atoms. The van der Waals surface area contributed by atoms with Gasteiger partial charge in [-0.3, -0.25) is 14.2 Å². The Labute approximate surface area is 365 Å². The average molecular weight is 868 g/mol. The number of nitrogens with one attached hydrogen (secondary N) is 2. The SMILES string of the molecule is CCCCCCCCCCCCCCCC(=O)OC[C@H](COP(=O)([O-])OCC[N+](C)(C)C)OC(=O)CCCCCCCCCCCNC(=O)Nc1ccc(C(C)(C)C)cc1. The van der Waals surface area contributed by atoms with Crippen molar-refractivity contribution in [1.82, 2.24) is 5.32 Å². The minimum Gasteiger partial charge on any atom is -0.756 e. The van der Waals surface area contributed by atoms with Gasteiger partial charge in [0.15, 0.2) is 6.10 Å². The number of urea groups is 1. The zero-order valence-electron chi connectivity index (χ0n) is 39.0. The van der Waals surface area contributed by atoms with E-state index < -0.39 is 32.5 Å². The number of phosphoric ester groups is 1. The predicted molar refractivity (Wildman–Crippen MR) is 242 cm³/mol. The van der Waals surface area contributed by atoms with Crippen molar-refractivity contribution in [2.75, 3.05) is 59.4 Å². The molecule has 1 unspecified atom stereocenters. The van der Waals surface area contributed by atoms with Gasteiger partial charge in [0, 0.05) is 25.1 Å². The fourth-order valence-corrected chi connectivity index (χ4v) is 7.34. The molecule has 0 aromatic heterocycles. The summed E-state index contributed by atoms with van der Waals surface area (Å²) in [7, 11) is 1.11. The number of unbranched alkanes of at least 4 members (excludes halogenated alkanes) is 20. The summed E-state index contributed by atoms with van der Waals surface area (Å²) in [6, 6.07) is 7.78. The lowest BCUT2D eigenvalue weighted by molar-refractivity contribution is -0.870. The lowest BCUT2D eigenvalue weighted by Crippen LogP contribution is -2.37. The smallest absolute Gasteiger partial charge is 0.319 e. The van der Waals surface area contributed by atoms with Gasteiger partial charge in [-0.15, -0.1) is 0 Å². The van der Waals surface area contributed by atoms with Crippen LogP contribution >= 0.6 is 7.82 Å². The van der Waals surface area contributed by atoms with E-state index >= 15 is 0 Å². The summed E-state index contributed by atoms with van der Waals surface area (Å²) in [6.45, 7) is 9.01. The first-order valence-corrected chi connectivity index (χ1v) is 24.9. The molecule has 0 saturated carbocycles. The van der Waals surface area contributed by atoms with E-state index in [4.69, 9.17) is 18.5 Å². The highest BCUT2D eigenvalue weighted by Crippen LogP contribution is 2.38. The fourth-order valence-electron chi connectivity index (χ4n) is 6.61. The molecule has 0 aliphatic carbocycles. The molecule has 0 radical (unpaired) electrons. The summed E-state index contributed by atoms with van der Waals surface area (Å²) >= 11 is 0. The van der Waals surface area contributed by atoms with Crippen molar-refractivity contribution in [2.45, 2.75) is 193 Å². The fraction of sp³-hybridized carbons (Fsp3) is 0.809. The number of hydrogen-bond acceptors (Lipinski definition) is 9. The highest BCUT2D eigenvalue weighted by molar-refractivity contribution is 7.45. The molecule has 0 heterocycles. The first kappa shape index (κ1) is 55.5. The summed E-state index contributed by atoms with van der Waals surface area (Å²) in [5.41, 5.74) is 2.08. The number of carbonyl (C=O) groups is 3. The minimum atomic E-state index is -4.65. The lowest BCUT2D eigenvalue weighted by atomic mass is 9.87. The van der Waals surface area contributed by atoms with Crippen LogP contribution in [0.5, 0.6) is 0 Å². The van der Waals surface area contributed by atoms with Crippen LogP contribution in [0.1, 0.15) is 187 Å². The van der Waals surface area contributed by atoms with Gasteiger partial charge in [0.2, 0.25) is 0 Å². The largest absolute Gasteiger partial charge is 0.756 e. The first-order chi connectivity index (χ1) is 28.5. The van der Waals surface area contributed by atoms with Crippen LogP contribution in [0.25, 0.3) is 0 Å². The Bertz CT molecular complexity index is 1310. The summed E-state index contributed by atoms with van der Waals surface area (Å²) in [5, 5.41) is 5.82. The third kappa shape index (κ3) is 33.2. The van der Waals surface area contributed by atoms with E-state index in [0.29, 0.717) is 24.0 Å². The first-order valence-electron chi connectivity index (χ1n) is 23.4. The maximum absolute atomic E-state index is 12.7. The van der Waals surface area contributed by atoms with E-state index in [1.807, 2.05) is 45.4 Å². The molecule has 2 N–H and O–H groups in total. The molecule has 0 aliphatic heterocycles. The number of quaternary nitrogens is 1. The number of phosphoric acid groups is 1. The monoisotopic (exact) mass is 868 g/mol. The number of benzene rings is 1.